The molecule has 1 N–H and O–H groups in total. The van der Waals surface area contributed by atoms with Crippen LogP contribution in [0.15, 0.2) is 0 Å². The first-order valence-electron chi connectivity index (χ1n) is 6.79. The average Bonchev–Trinajstić information content (AvgIpc) is 2.89. The number of carbonyl (C=O) groups is 2. The Hall–Kier alpha value is -1.10. The molecule has 2 heterocycles. The Morgan fingerprint density at radius 3 is 2.78 bits per heavy atom. The van der Waals surface area contributed by atoms with E-state index < -0.39 is 5.97 Å². The molecule has 2 rings (SSSR count). The zero-order valence-electron chi connectivity index (χ0n) is 10.6. The Labute approximate surface area is 107 Å². The van der Waals surface area contributed by atoms with Gasteiger partial charge in [-0.15, -0.1) is 0 Å². The molecule has 18 heavy (non-hydrogen) atoms. The van der Waals surface area contributed by atoms with Crippen LogP contribution in [0.4, 0.5) is 0 Å². The molecular formula is C13H21NO4. The third-order valence-corrected chi connectivity index (χ3v) is 3.80. The number of hydrogen-bond acceptors (Lipinski definition) is 3. The van der Waals surface area contributed by atoms with E-state index in [0.29, 0.717) is 25.5 Å². The molecule has 2 fully saturated rings. The molecule has 0 aliphatic carbocycles. The van der Waals surface area contributed by atoms with Crippen LogP contribution in [-0.4, -0.2) is 47.7 Å². The second-order valence-electron chi connectivity index (χ2n) is 5.23. The van der Waals surface area contributed by atoms with Gasteiger partial charge in [0.1, 0.15) is 6.10 Å². The summed E-state index contributed by atoms with van der Waals surface area (Å²) < 4.78 is 5.42. The van der Waals surface area contributed by atoms with Crippen molar-refractivity contribution in [1.29, 1.82) is 0 Å². The van der Waals surface area contributed by atoms with Gasteiger partial charge in [0.05, 0.1) is 0 Å². The van der Waals surface area contributed by atoms with Gasteiger partial charge in [0.2, 0.25) is 0 Å². The van der Waals surface area contributed by atoms with Gasteiger partial charge in [-0.05, 0) is 38.0 Å². The predicted molar refractivity (Wildman–Crippen MR) is 65.1 cm³/mol. The van der Waals surface area contributed by atoms with Crippen LogP contribution >= 0.6 is 0 Å². The lowest BCUT2D eigenvalue weighted by Crippen LogP contribution is -2.44. The van der Waals surface area contributed by atoms with Crippen LogP contribution in [0.5, 0.6) is 0 Å². The number of rotatable bonds is 4. The second-order valence-corrected chi connectivity index (χ2v) is 5.23. The van der Waals surface area contributed by atoms with E-state index in [4.69, 9.17) is 9.84 Å². The molecule has 0 aromatic rings. The standard InChI is InChI=1S/C13H21NO4/c15-12(16)6-5-10-3-1-7-14(9-10)13(17)11-4-2-8-18-11/h10-11H,1-9H2,(H,15,16)/t10?,11-/m1/s1. The van der Waals surface area contributed by atoms with Crippen LogP contribution in [0.3, 0.4) is 0 Å². The number of likely N-dealkylation sites (tertiary alicyclic amines) is 1. The maximum Gasteiger partial charge on any atom is 0.303 e. The summed E-state index contributed by atoms with van der Waals surface area (Å²) >= 11 is 0. The summed E-state index contributed by atoms with van der Waals surface area (Å²) in [7, 11) is 0. The molecule has 2 aliphatic rings. The fourth-order valence-electron chi connectivity index (χ4n) is 2.80. The maximum atomic E-state index is 12.2. The van der Waals surface area contributed by atoms with E-state index in [2.05, 4.69) is 0 Å². The molecule has 102 valence electrons. The van der Waals surface area contributed by atoms with Crippen molar-refractivity contribution in [3.63, 3.8) is 0 Å². The normalized spacial score (nSPS) is 28.3. The minimum Gasteiger partial charge on any atom is -0.481 e. The zero-order valence-corrected chi connectivity index (χ0v) is 10.6. The molecule has 0 bridgehead atoms. The minimum atomic E-state index is -0.752. The lowest BCUT2D eigenvalue weighted by atomic mass is 9.93. The van der Waals surface area contributed by atoms with Crippen molar-refractivity contribution in [2.75, 3.05) is 19.7 Å². The molecule has 1 amide bonds. The van der Waals surface area contributed by atoms with Gasteiger partial charge in [-0.1, -0.05) is 0 Å². The van der Waals surface area contributed by atoms with Crippen molar-refractivity contribution in [2.45, 2.75) is 44.6 Å². The predicted octanol–water partition coefficient (Wildman–Crippen LogP) is 1.27. The van der Waals surface area contributed by atoms with Gasteiger partial charge >= 0.3 is 5.97 Å². The molecule has 2 atom stereocenters. The van der Waals surface area contributed by atoms with Gasteiger partial charge in [-0.25, -0.2) is 0 Å². The van der Waals surface area contributed by atoms with Gasteiger partial charge in [0.15, 0.2) is 0 Å². The van der Waals surface area contributed by atoms with Crippen molar-refractivity contribution in [3.05, 3.63) is 0 Å². The first-order chi connectivity index (χ1) is 8.66. The summed E-state index contributed by atoms with van der Waals surface area (Å²) in [4.78, 5) is 24.6. The molecule has 5 nitrogen and oxygen atoms in total. The smallest absolute Gasteiger partial charge is 0.303 e. The molecule has 0 aromatic carbocycles. The molecule has 5 heteroatoms. The molecule has 1 unspecified atom stereocenters. The van der Waals surface area contributed by atoms with Crippen molar-refractivity contribution < 1.29 is 19.4 Å². The molecule has 0 saturated carbocycles. The SMILES string of the molecule is O=C(O)CCC1CCCN(C(=O)[C@H]2CCCO2)C1. The third-order valence-electron chi connectivity index (χ3n) is 3.80. The molecule has 0 aromatic heterocycles. The van der Waals surface area contributed by atoms with E-state index in [1.807, 2.05) is 4.90 Å². The number of aliphatic carboxylic acids is 1. The third kappa shape index (κ3) is 3.45. The monoisotopic (exact) mass is 255 g/mol. The second kappa shape index (κ2) is 6.18. The van der Waals surface area contributed by atoms with E-state index in [1.54, 1.807) is 0 Å². The van der Waals surface area contributed by atoms with Crippen molar-refractivity contribution in [3.8, 4) is 0 Å². The van der Waals surface area contributed by atoms with E-state index >= 15 is 0 Å². The highest BCUT2D eigenvalue weighted by molar-refractivity contribution is 5.81. The topological polar surface area (TPSA) is 66.8 Å². The summed E-state index contributed by atoms with van der Waals surface area (Å²) in [5.74, 6) is -0.315. The number of hydrogen-bond donors (Lipinski definition) is 1. The van der Waals surface area contributed by atoms with Crippen LogP contribution in [0.2, 0.25) is 0 Å². The van der Waals surface area contributed by atoms with E-state index in [9.17, 15) is 9.59 Å². The van der Waals surface area contributed by atoms with Gasteiger partial charge in [0.25, 0.3) is 5.91 Å². The number of amides is 1. The average molecular weight is 255 g/mol. The summed E-state index contributed by atoms with van der Waals surface area (Å²) in [6.07, 6.45) is 4.42. The summed E-state index contributed by atoms with van der Waals surface area (Å²) in [6.45, 7) is 2.18. The Morgan fingerprint density at radius 2 is 2.11 bits per heavy atom. The summed E-state index contributed by atoms with van der Waals surface area (Å²) in [5, 5.41) is 8.69. The Kier molecular flexibility index (Phi) is 4.58. The molecular weight excluding hydrogens is 234 g/mol. The van der Waals surface area contributed by atoms with Crippen molar-refractivity contribution >= 4 is 11.9 Å². The fraction of sp³-hybridized carbons (Fsp3) is 0.846. The quantitative estimate of drug-likeness (QED) is 0.821. The number of carbonyl (C=O) groups excluding carboxylic acids is 1. The molecule has 2 aliphatic heterocycles. The number of carboxylic acids is 1. The number of ether oxygens (including phenoxy) is 1. The van der Waals surface area contributed by atoms with Crippen LogP contribution in [0.25, 0.3) is 0 Å². The van der Waals surface area contributed by atoms with E-state index in [-0.39, 0.29) is 18.4 Å². The lowest BCUT2D eigenvalue weighted by Gasteiger charge is -2.34. The van der Waals surface area contributed by atoms with E-state index in [1.165, 1.54) is 0 Å². The highest BCUT2D eigenvalue weighted by Gasteiger charge is 2.31. The van der Waals surface area contributed by atoms with Gasteiger partial charge in [-0.2, -0.15) is 0 Å². The first kappa shape index (κ1) is 13.3. The molecule has 0 spiro atoms. The largest absolute Gasteiger partial charge is 0.481 e. The fourth-order valence-corrected chi connectivity index (χ4v) is 2.80. The summed E-state index contributed by atoms with van der Waals surface area (Å²) in [5.41, 5.74) is 0. The maximum absolute atomic E-state index is 12.2. The van der Waals surface area contributed by atoms with Gasteiger partial charge in [-0.3, -0.25) is 9.59 Å². The molecule has 2 saturated heterocycles. The van der Waals surface area contributed by atoms with Crippen LogP contribution in [0.1, 0.15) is 38.5 Å². The highest BCUT2D eigenvalue weighted by Crippen LogP contribution is 2.23. The van der Waals surface area contributed by atoms with Gasteiger partial charge in [0, 0.05) is 26.1 Å². The van der Waals surface area contributed by atoms with Gasteiger partial charge < -0.3 is 14.7 Å². The van der Waals surface area contributed by atoms with Crippen LogP contribution in [0, 0.1) is 5.92 Å². The lowest BCUT2D eigenvalue weighted by molar-refractivity contribution is -0.142. The Balaban J connectivity index is 1.81. The zero-order chi connectivity index (χ0) is 13.0. The number of carboxylic acid groups (broad SMARTS) is 1. The number of piperidine rings is 1. The van der Waals surface area contributed by atoms with Crippen molar-refractivity contribution in [2.24, 2.45) is 5.92 Å². The van der Waals surface area contributed by atoms with E-state index in [0.717, 1.165) is 32.2 Å². The summed E-state index contributed by atoms with van der Waals surface area (Å²) in [6, 6.07) is 0. The highest BCUT2D eigenvalue weighted by atomic mass is 16.5. The van der Waals surface area contributed by atoms with Crippen molar-refractivity contribution in [1.82, 2.24) is 4.90 Å². The molecule has 0 radical (unpaired) electrons. The Bertz CT molecular complexity index is 312. The van der Waals surface area contributed by atoms with Crippen LogP contribution in [-0.2, 0) is 14.3 Å². The number of nitrogens with zero attached hydrogens (tertiary/aromatic N) is 1. The minimum absolute atomic E-state index is 0.104. The van der Waals surface area contributed by atoms with Crippen LogP contribution < -0.4 is 0 Å². The first-order valence-corrected chi connectivity index (χ1v) is 6.79. The Morgan fingerprint density at radius 1 is 1.28 bits per heavy atom.